The molecule has 4 heterocycles. The monoisotopic (exact) mass is 966 g/mol. The van der Waals surface area contributed by atoms with Crippen LogP contribution in [-0.4, -0.2) is 6.71 Å². The van der Waals surface area contributed by atoms with Crippen molar-refractivity contribution in [2.24, 2.45) is 0 Å². The van der Waals surface area contributed by atoms with E-state index in [1.165, 1.54) is 50.2 Å². The van der Waals surface area contributed by atoms with Crippen molar-refractivity contribution >= 4 is 96.4 Å². The van der Waals surface area contributed by atoms with Crippen LogP contribution in [0.4, 0.5) is 51.2 Å². The van der Waals surface area contributed by atoms with E-state index in [2.05, 4.69) is 253 Å². The molecule has 0 atom stereocenters. The van der Waals surface area contributed by atoms with Crippen LogP contribution in [0.2, 0.25) is 0 Å². The molecule has 13 rings (SSSR count). The largest absolute Gasteiger partial charge is 0.473 e. The zero-order chi connectivity index (χ0) is 50.8. The van der Waals surface area contributed by atoms with Crippen molar-refractivity contribution in [2.75, 3.05) is 14.7 Å². The zero-order valence-electron chi connectivity index (χ0n) is 44.3. The molecule has 5 nitrogen and oxygen atoms in total. The second kappa shape index (κ2) is 16.9. The van der Waals surface area contributed by atoms with Gasteiger partial charge in [-0.3, -0.25) is 0 Å². The average Bonchev–Trinajstić information content (AvgIpc) is 4.00. The van der Waals surface area contributed by atoms with Crippen molar-refractivity contribution < 1.29 is 8.83 Å². The molecule has 2 aromatic heterocycles. The highest BCUT2D eigenvalue weighted by Gasteiger charge is 2.48. The summed E-state index contributed by atoms with van der Waals surface area (Å²) in [5, 5.41) is 2.24. The second-order valence-corrected chi connectivity index (χ2v) is 24.0. The number of para-hydroxylation sites is 4. The van der Waals surface area contributed by atoms with Gasteiger partial charge in [-0.25, -0.2) is 0 Å². The van der Waals surface area contributed by atoms with E-state index in [9.17, 15) is 0 Å². The summed E-state index contributed by atoms with van der Waals surface area (Å²) in [4.78, 5) is 7.57. The van der Waals surface area contributed by atoms with E-state index in [-0.39, 0.29) is 23.0 Å². The van der Waals surface area contributed by atoms with Crippen LogP contribution in [0.5, 0.6) is 0 Å². The summed E-state index contributed by atoms with van der Waals surface area (Å²) in [5.41, 5.74) is 22.7. The van der Waals surface area contributed by atoms with Gasteiger partial charge in [0, 0.05) is 73.7 Å². The molecule has 6 heteroatoms. The topological polar surface area (TPSA) is 36.0 Å². The van der Waals surface area contributed by atoms with E-state index in [4.69, 9.17) is 8.83 Å². The van der Waals surface area contributed by atoms with Crippen LogP contribution >= 0.6 is 0 Å². The van der Waals surface area contributed by atoms with E-state index >= 15 is 0 Å². The Bertz CT molecular complexity index is 3810. The number of nitrogens with zero attached hydrogens (tertiary/aromatic N) is 3. The first-order chi connectivity index (χ1) is 35.6. The predicted molar refractivity (Wildman–Crippen MR) is 313 cm³/mol. The van der Waals surface area contributed by atoms with Crippen LogP contribution in [0.15, 0.2) is 185 Å². The highest BCUT2D eigenvalue weighted by atomic mass is 16.3. The molecule has 1 aliphatic carbocycles. The molecule has 0 bridgehead atoms. The summed E-state index contributed by atoms with van der Waals surface area (Å²) < 4.78 is 14.2. The third-order valence-corrected chi connectivity index (χ3v) is 16.1. The first-order valence-corrected chi connectivity index (χ1v) is 26.7. The molecular formula is C68H64BN3O2. The third kappa shape index (κ3) is 7.42. The molecule has 0 spiro atoms. The molecule has 0 N–H and O–H groups in total. The highest BCUT2D eigenvalue weighted by molar-refractivity contribution is 6.99. The molecule has 0 amide bonds. The van der Waals surface area contributed by atoms with Crippen molar-refractivity contribution in [1.29, 1.82) is 0 Å². The third-order valence-electron chi connectivity index (χ3n) is 16.1. The normalized spacial score (nSPS) is 14.3. The van der Waals surface area contributed by atoms with Gasteiger partial charge in [-0.1, -0.05) is 159 Å². The lowest BCUT2D eigenvalue weighted by Gasteiger charge is -2.44. The Morgan fingerprint density at radius 2 is 1.08 bits per heavy atom. The number of rotatable bonds is 6. The fourth-order valence-electron chi connectivity index (χ4n) is 12.1. The van der Waals surface area contributed by atoms with E-state index in [1.807, 2.05) is 0 Å². The average molecular weight is 966 g/mol. The SMILES string of the molecule is CC(C)(C)c1ccc(N(c2ccc3c(c2)N(c2ccccc2)c2cc(C(C)(C)C)cc4c2B3c2oc3c(c2N4c2ccccc2)CCCC3)c2ccc(C(C)(C)C)cc2-c2cccc3c2oc2ccccc23)cc1. The second-order valence-electron chi connectivity index (χ2n) is 24.0. The van der Waals surface area contributed by atoms with Crippen LogP contribution in [0, 0.1) is 0 Å². The van der Waals surface area contributed by atoms with Crippen LogP contribution in [-0.2, 0) is 29.1 Å². The van der Waals surface area contributed by atoms with Gasteiger partial charge in [0.15, 0.2) is 0 Å². The van der Waals surface area contributed by atoms with Gasteiger partial charge >= 0.3 is 0 Å². The summed E-state index contributed by atoms with van der Waals surface area (Å²) in [6, 6.07) is 65.6. The molecule has 3 aliphatic rings. The molecule has 2 aliphatic heterocycles. The Morgan fingerprint density at radius 1 is 0.473 bits per heavy atom. The Kier molecular flexibility index (Phi) is 10.5. The molecule has 0 fully saturated rings. The molecule has 366 valence electrons. The zero-order valence-corrected chi connectivity index (χ0v) is 44.3. The van der Waals surface area contributed by atoms with Gasteiger partial charge in [-0.2, -0.15) is 0 Å². The van der Waals surface area contributed by atoms with E-state index in [1.54, 1.807) is 0 Å². The van der Waals surface area contributed by atoms with Crippen molar-refractivity contribution in [3.05, 3.63) is 204 Å². The van der Waals surface area contributed by atoms with Crippen molar-refractivity contribution in [3.63, 3.8) is 0 Å². The first-order valence-electron chi connectivity index (χ1n) is 26.7. The summed E-state index contributed by atoms with van der Waals surface area (Å²) in [5.74, 6) is 1.15. The van der Waals surface area contributed by atoms with Crippen LogP contribution in [0.3, 0.4) is 0 Å². The van der Waals surface area contributed by atoms with Gasteiger partial charge in [0.05, 0.1) is 17.0 Å². The summed E-state index contributed by atoms with van der Waals surface area (Å²) in [6.07, 6.45) is 4.26. The fraction of sp³-hybridized carbons (Fsp3) is 0.235. The molecule has 0 radical (unpaired) electrons. The van der Waals surface area contributed by atoms with Gasteiger partial charge in [0.1, 0.15) is 16.9 Å². The van der Waals surface area contributed by atoms with Crippen LogP contribution < -0.4 is 31.3 Å². The molecule has 10 aromatic rings. The lowest BCUT2D eigenvalue weighted by molar-refractivity contribution is 0.497. The molecule has 8 aromatic carbocycles. The van der Waals surface area contributed by atoms with Crippen molar-refractivity contribution in [2.45, 2.75) is 104 Å². The minimum atomic E-state index is -0.141. The number of anilines is 9. The lowest BCUT2D eigenvalue weighted by Crippen LogP contribution is -2.61. The Hall–Kier alpha value is -7.70. The molecular weight excluding hydrogens is 902 g/mol. The van der Waals surface area contributed by atoms with Gasteiger partial charge < -0.3 is 23.5 Å². The number of benzene rings is 8. The quantitative estimate of drug-likeness (QED) is 0.155. The van der Waals surface area contributed by atoms with E-state index in [0.29, 0.717) is 0 Å². The molecule has 0 saturated carbocycles. The Balaban J connectivity index is 1.11. The number of hydrogen-bond acceptors (Lipinski definition) is 5. The summed E-state index contributed by atoms with van der Waals surface area (Å²) in [6.45, 7) is 20.7. The molecule has 0 saturated heterocycles. The lowest BCUT2D eigenvalue weighted by atomic mass is 9.35. The Morgan fingerprint density at radius 3 is 1.78 bits per heavy atom. The summed E-state index contributed by atoms with van der Waals surface area (Å²) >= 11 is 0. The van der Waals surface area contributed by atoms with Crippen molar-refractivity contribution in [1.82, 2.24) is 0 Å². The summed E-state index contributed by atoms with van der Waals surface area (Å²) in [7, 11) is 0. The van der Waals surface area contributed by atoms with Crippen LogP contribution in [0.25, 0.3) is 33.1 Å². The maximum atomic E-state index is 7.36. The van der Waals surface area contributed by atoms with Gasteiger partial charge in [-0.15, -0.1) is 0 Å². The smallest absolute Gasteiger partial charge is 0.297 e. The number of hydrogen-bond donors (Lipinski definition) is 0. The maximum Gasteiger partial charge on any atom is 0.297 e. The number of aryl methyl sites for hydroxylation is 1. The van der Waals surface area contributed by atoms with Crippen molar-refractivity contribution in [3.8, 4) is 11.1 Å². The molecule has 74 heavy (non-hydrogen) atoms. The van der Waals surface area contributed by atoms with Crippen LogP contribution in [0.1, 0.15) is 103 Å². The predicted octanol–water partition coefficient (Wildman–Crippen LogP) is 17.2. The minimum absolute atomic E-state index is 0.0139. The first kappa shape index (κ1) is 46.1. The molecule has 0 unspecified atom stereocenters. The number of furan rings is 2. The minimum Gasteiger partial charge on any atom is -0.473 e. The van der Waals surface area contributed by atoms with E-state index < -0.39 is 0 Å². The number of fused-ring (bicyclic) bond motifs is 9. The van der Waals surface area contributed by atoms with Gasteiger partial charge in [0.25, 0.3) is 6.71 Å². The fourth-order valence-corrected chi connectivity index (χ4v) is 12.1. The van der Waals surface area contributed by atoms with Gasteiger partial charge in [0.2, 0.25) is 0 Å². The van der Waals surface area contributed by atoms with E-state index in [0.717, 1.165) is 104 Å². The standard InChI is InChI=1S/C68H64BN3O2/c1-66(2,3)43-31-34-48(35-32-43)70(56-38-33-44(67(4,5)6)39-54(56)52-28-20-27-51-50-25-16-18-29-60(50)73-64(51)52)49-36-37-55-57(42-49)71(46-21-12-10-13-22-46)58-40-45(68(7,8)9)41-59-62(58)69(55)65-63(53-26-17-19-30-61(53)74-65)72(59)47-23-14-11-15-24-47/h10-16,18,20-25,27-29,31-42H,17,19,26,30H2,1-9H3. The van der Waals surface area contributed by atoms with Gasteiger partial charge in [-0.05, 0) is 142 Å². The Labute approximate surface area is 437 Å². The maximum absolute atomic E-state index is 7.36. The highest BCUT2D eigenvalue weighted by Crippen LogP contribution is 2.51.